The molecule has 0 spiro atoms. The molecule has 0 fully saturated rings. The predicted octanol–water partition coefficient (Wildman–Crippen LogP) is 4.44. The second kappa shape index (κ2) is 9.38. The number of carbonyl (C=O) groups excluding carboxylic acids is 1. The van der Waals surface area contributed by atoms with E-state index < -0.39 is 0 Å². The molecule has 122 valence electrons. The SMILES string of the molecule is CCCC(=O)Nc1ccc(CNCc2ccc(SC)cc2)cc1. The first kappa shape index (κ1) is 17.6. The second-order valence-corrected chi connectivity index (χ2v) is 6.33. The number of hydrogen-bond donors (Lipinski definition) is 2. The van der Waals surface area contributed by atoms with Crippen LogP contribution < -0.4 is 10.6 Å². The molecule has 0 bridgehead atoms. The van der Waals surface area contributed by atoms with Gasteiger partial charge in [0.15, 0.2) is 0 Å². The Balaban J connectivity index is 1.78. The summed E-state index contributed by atoms with van der Waals surface area (Å²) in [5.41, 5.74) is 3.35. The van der Waals surface area contributed by atoms with E-state index >= 15 is 0 Å². The molecule has 0 unspecified atom stereocenters. The maximum atomic E-state index is 11.5. The molecule has 0 atom stereocenters. The predicted molar refractivity (Wildman–Crippen MR) is 98.7 cm³/mol. The van der Waals surface area contributed by atoms with E-state index in [1.807, 2.05) is 31.2 Å². The van der Waals surface area contributed by atoms with Crippen molar-refractivity contribution in [3.05, 3.63) is 59.7 Å². The van der Waals surface area contributed by atoms with E-state index in [0.29, 0.717) is 6.42 Å². The Labute approximate surface area is 142 Å². The van der Waals surface area contributed by atoms with E-state index in [9.17, 15) is 4.79 Å². The number of amides is 1. The molecule has 0 aliphatic carbocycles. The molecule has 2 aromatic carbocycles. The minimum atomic E-state index is 0.0760. The second-order valence-electron chi connectivity index (χ2n) is 5.45. The van der Waals surface area contributed by atoms with Gasteiger partial charge in [-0.2, -0.15) is 0 Å². The van der Waals surface area contributed by atoms with E-state index in [1.54, 1.807) is 11.8 Å². The topological polar surface area (TPSA) is 41.1 Å². The fraction of sp³-hybridized carbons (Fsp3) is 0.316. The summed E-state index contributed by atoms with van der Waals surface area (Å²) < 4.78 is 0. The fourth-order valence-corrected chi connectivity index (χ4v) is 2.66. The van der Waals surface area contributed by atoms with Crippen LogP contribution in [0.2, 0.25) is 0 Å². The molecule has 2 N–H and O–H groups in total. The van der Waals surface area contributed by atoms with E-state index in [-0.39, 0.29) is 5.91 Å². The summed E-state index contributed by atoms with van der Waals surface area (Å²) in [6.45, 7) is 3.67. The lowest BCUT2D eigenvalue weighted by Gasteiger charge is -2.08. The zero-order chi connectivity index (χ0) is 16.5. The Morgan fingerprint density at radius 1 is 0.957 bits per heavy atom. The van der Waals surface area contributed by atoms with Crippen LogP contribution in [0.1, 0.15) is 30.9 Å². The normalized spacial score (nSPS) is 10.5. The number of rotatable bonds is 8. The van der Waals surface area contributed by atoms with Gasteiger partial charge in [-0.25, -0.2) is 0 Å². The Kier molecular flexibility index (Phi) is 7.17. The van der Waals surface area contributed by atoms with Gasteiger partial charge in [-0.05, 0) is 48.1 Å². The van der Waals surface area contributed by atoms with E-state index in [4.69, 9.17) is 0 Å². The van der Waals surface area contributed by atoms with E-state index in [1.165, 1.54) is 16.0 Å². The standard InChI is InChI=1S/C19H24N2OS/c1-3-4-19(22)21-17-9-5-15(6-10-17)13-20-14-16-7-11-18(23-2)12-8-16/h5-12,20H,3-4,13-14H2,1-2H3,(H,21,22). The molecule has 3 nitrogen and oxygen atoms in total. The molecule has 4 heteroatoms. The third-order valence-electron chi connectivity index (χ3n) is 3.53. The van der Waals surface area contributed by atoms with Crippen molar-refractivity contribution >= 4 is 23.4 Å². The molecule has 0 aromatic heterocycles. The third kappa shape index (κ3) is 6.08. The highest BCUT2D eigenvalue weighted by atomic mass is 32.2. The van der Waals surface area contributed by atoms with Crippen LogP contribution in [0, 0.1) is 0 Å². The Morgan fingerprint density at radius 2 is 1.52 bits per heavy atom. The number of carbonyl (C=O) groups is 1. The van der Waals surface area contributed by atoms with Gasteiger partial charge in [-0.3, -0.25) is 4.79 Å². The van der Waals surface area contributed by atoms with Gasteiger partial charge < -0.3 is 10.6 Å². The zero-order valence-electron chi connectivity index (χ0n) is 13.8. The van der Waals surface area contributed by atoms with Gasteiger partial charge in [0, 0.05) is 30.1 Å². The van der Waals surface area contributed by atoms with Gasteiger partial charge in [0.25, 0.3) is 0 Å². The maximum Gasteiger partial charge on any atom is 0.224 e. The van der Waals surface area contributed by atoms with Crippen molar-refractivity contribution in [2.24, 2.45) is 0 Å². The number of thioether (sulfide) groups is 1. The fourth-order valence-electron chi connectivity index (χ4n) is 2.25. The zero-order valence-corrected chi connectivity index (χ0v) is 14.6. The average Bonchev–Trinajstić information content (AvgIpc) is 2.57. The highest BCUT2D eigenvalue weighted by Crippen LogP contribution is 2.15. The summed E-state index contributed by atoms with van der Waals surface area (Å²) in [4.78, 5) is 12.8. The van der Waals surface area contributed by atoms with Crippen molar-refractivity contribution in [3.8, 4) is 0 Å². The minimum Gasteiger partial charge on any atom is -0.326 e. The summed E-state index contributed by atoms with van der Waals surface area (Å²) >= 11 is 1.76. The molecular weight excluding hydrogens is 304 g/mol. The summed E-state index contributed by atoms with van der Waals surface area (Å²) in [6, 6.07) is 16.6. The third-order valence-corrected chi connectivity index (χ3v) is 4.28. The van der Waals surface area contributed by atoms with Crippen molar-refractivity contribution in [3.63, 3.8) is 0 Å². The molecule has 2 aromatic rings. The van der Waals surface area contributed by atoms with Gasteiger partial charge >= 0.3 is 0 Å². The molecule has 0 aliphatic rings. The molecule has 2 rings (SSSR count). The molecule has 0 saturated heterocycles. The van der Waals surface area contributed by atoms with Crippen LogP contribution in [0.5, 0.6) is 0 Å². The van der Waals surface area contributed by atoms with Gasteiger partial charge in [-0.15, -0.1) is 11.8 Å². The molecule has 0 saturated carbocycles. The van der Waals surface area contributed by atoms with Crippen molar-refractivity contribution < 1.29 is 4.79 Å². The first-order valence-corrected chi connectivity index (χ1v) is 9.16. The quantitative estimate of drug-likeness (QED) is 0.704. The molecule has 1 amide bonds. The molecule has 0 radical (unpaired) electrons. The summed E-state index contributed by atoms with van der Waals surface area (Å²) in [5.74, 6) is 0.0760. The Morgan fingerprint density at radius 3 is 2.04 bits per heavy atom. The van der Waals surface area contributed by atoms with Crippen LogP contribution in [0.25, 0.3) is 0 Å². The van der Waals surface area contributed by atoms with E-state index in [0.717, 1.165) is 25.2 Å². The van der Waals surface area contributed by atoms with Gasteiger partial charge in [0.2, 0.25) is 5.91 Å². The van der Waals surface area contributed by atoms with Crippen molar-refractivity contribution in [2.45, 2.75) is 37.8 Å². The number of hydrogen-bond acceptors (Lipinski definition) is 3. The van der Waals surface area contributed by atoms with Crippen molar-refractivity contribution in [2.75, 3.05) is 11.6 Å². The maximum absolute atomic E-state index is 11.5. The van der Waals surface area contributed by atoms with Crippen LogP contribution in [-0.2, 0) is 17.9 Å². The lowest BCUT2D eigenvalue weighted by molar-refractivity contribution is -0.116. The van der Waals surface area contributed by atoms with Gasteiger partial charge in [0.05, 0.1) is 0 Å². The highest BCUT2D eigenvalue weighted by molar-refractivity contribution is 7.98. The lowest BCUT2D eigenvalue weighted by atomic mass is 10.2. The van der Waals surface area contributed by atoms with E-state index in [2.05, 4.69) is 41.2 Å². The van der Waals surface area contributed by atoms with Crippen LogP contribution in [0.4, 0.5) is 5.69 Å². The van der Waals surface area contributed by atoms with Crippen LogP contribution in [0.15, 0.2) is 53.4 Å². The number of benzene rings is 2. The van der Waals surface area contributed by atoms with Crippen LogP contribution in [-0.4, -0.2) is 12.2 Å². The molecular formula is C19H24N2OS. The first-order chi connectivity index (χ1) is 11.2. The molecule has 0 heterocycles. The molecule has 23 heavy (non-hydrogen) atoms. The Bertz CT molecular complexity index is 608. The van der Waals surface area contributed by atoms with Crippen LogP contribution >= 0.6 is 11.8 Å². The smallest absolute Gasteiger partial charge is 0.224 e. The number of nitrogens with one attached hydrogen (secondary N) is 2. The average molecular weight is 328 g/mol. The van der Waals surface area contributed by atoms with Gasteiger partial charge in [0.1, 0.15) is 0 Å². The summed E-state index contributed by atoms with van der Waals surface area (Å²) in [6.07, 6.45) is 3.52. The highest BCUT2D eigenvalue weighted by Gasteiger charge is 2.01. The Hall–Kier alpha value is -1.78. The van der Waals surface area contributed by atoms with Gasteiger partial charge in [-0.1, -0.05) is 31.2 Å². The minimum absolute atomic E-state index is 0.0760. The van der Waals surface area contributed by atoms with Crippen molar-refractivity contribution in [1.82, 2.24) is 5.32 Å². The number of anilines is 1. The van der Waals surface area contributed by atoms with Crippen LogP contribution in [0.3, 0.4) is 0 Å². The molecule has 0 aliphatic heterocycles. The van der Waals surface area contributed by atoms with Crippen molar-refractivity contribution in [1.29, 1.82) is 0 Å². The largest absolute Gasteiger partial charge is 0.326 e. The summed E-state index contributed by atoms with van der Waals surface area (Å²) in [5, 5.41) is 6.34. The first-order valence-electron chi connectivity index (χ1n) is 7.93. The lowest BCUT2D eigenvalue weighted by Crippen LogP contribution is -2.13. The summed E-state index contributed by atoms with van der Waals surface area (Å²) in [7, 11) is 0. The monoisotopic (exact) mass is 328 g/mol.